The molecule has 2 aromatic carbocycles. The number of hydrogen-bond acceptors (Lipinski definition) is 12. The lowest BCUT2D eigenvalue weighted by Crippen LogP contribution is -2.54. The molecule has 15 nitrogen and oxygen atoms in total. The molecule has 5 fully saturated rings. The van der Waals surface area contributed by atoms with Gasteiger partial charge in [-0.1, -0.05) is 38.1 Å². The Morgan fingerprint density at radius 3 is 2.60 bits per heavy atom. The summed E-state index contributed by atoms with van der Waals surface area (Å²) in [4.78, 5) is 41.5. The van der Waals surface area contributed by atoms with E-state index in [0.717, 1.165) is 55.8 Å². The largest absolute Gasteiger partial charge is 0.455 e. The first-order chi connectivity index (χ1) is 29.9. The van der Waals surface area contributed by atoms with Crippen molar-refractivity contribution >= 4 is 44.2 Å². The van der Waals surface area contributed by atoms with Crippen molar-refractivity contribution in [3.05, 3.63) is 106 Å². The van der Waals surface area contributed by atoms with Gasteiger partial charge in [0.1, 0.15) is 22.0 Å². The second-order valence-electron chi connectivity index (χ2n) is 18.2. The molecule has 62 heavy (non-hydrogen) atoms. The average Bonchev–Trinajstić information content (AvgIpc) is 3.76. The summed E-state index contributed by atoms with van der Waals surface area (Å²) in [5.74, 6) is 1.19. The topological polar surface area (TPSA) is 185 Å². The molecular formula is C46H52N8O7S. The molecule has 324 valence electrons. The summed E-state index contributed by atoms with van der Waals surface area (Å²) < 4.78 is 41.2. The van der Waals surface area contributed by atoms with Gasteiger partial charge < -0.3 is 24.7 Å². The Morgan fingerprint density at radius 2 is 1.82 bits per heavy atom. The lowest BCUT2D eigenvalue weighted by atomic mass is 9.59. The Morgan fingerprint density at radius 1 is 1.03 bits per heavy atom. The standard InChI is InChI=1S/C46H52N8O7S/c1-28(2)34-6-3-4-7-35(34)40-8-5-15-53(40)31-21-46(22-31)12-16-52(17-13-46)30-9-10-36(42(19-30)61-32-18-29-11-14-47-43(29)48-23-32)45(55)51-62(58,59)33-20-41(54(56)57)44(49-24-33)50-25-37-38-26-60-27-39(37)38/h3-4,6-7,9-11,14,18-20,23-24,28,31,37-40H,5,8,12-13,15-17,21-22,25-27H2,1-2H3,(H,47,48)(H,49,50)(H,51,55)/t37?,38?,39?,40-/m1/s1. The van der Waals surface area contributed by atoms with Crippen LogP contribution in [0.15, 0.2) is 84.1 Å². The Hall–Kier alpha value is -5.58. The van der Waals surface area contributed by atoms with Crippen LogP contribution in [0.2, 0.25) is 0 Å². The highest BCUT2D eigenvalue weighted by atomic mass is 32.2. The lowest BCUT2D eigenvalue weighted by molar-refractivity contribution is -0.384. The number of aromatic amines is 1. The Labute approximate surface area is 360 Å². The number of likely N-dealkylation sites (tertiary alicyclic amines) is 1. The summed E-state index contributed by atoms with van der Waals surface area (Å²) >= 11 is 0. The number of nitro groups is 1. The zero-order chi connectivity index (χ0) is 42.8. The highest BCUT2D eigenvalue weighted by molar-refractivity contribution is 7.90. The van der Waals surface area contributed by atoms with Gasteiger partial charge in [0, 0.05) is 61.1 Å². The molecule has 6 heterocycles. The van der Waals surface area contributed by atoms with E-state index >= 15 is 0 Å². The van der Waals surface area contributed by atoms with Gasteiger partial charge in [-0.05, 0) is 110 Å². The lowest BCUT2D eigenvalue weighted by Gasteiger charge is -2.56. The van der Waals surface area contributed by atoms with Crippen LogP contribution in [0.3, 0.4) is 0 Å². The maximum atomic E-state index is 13.9. The third-order valence-corrected chi connectivity index (χ3v) is 15.6. The number of benzene rings is 2. The number of nitrogens with zero attached hydrogens (tertiary/aromatic N) is 5. The van der Waals surface area contributed by atoms with Crippen molar-refractivity contribution in [1.82, 2.24) is 24.6 Å². The fraction of sp³-hybridized carbons (Fsp3) is 0.457. The zero-order valence-corrected chi connectivity index (χ0v) is 35.8. The summed E-state index contributed by atoms with van der Waals surface area (Å²) in [6.07, 6.45) is 11.3. The van der Waals surface area contributed by atoms with Crippen molar-refractivity contribution in [2.45, 2.75) is 75.3 Å². The van der Waals surface area contributed by atoms with Crippen molar-refractivity contribution in [3.8, 4) is 11.5 Å². The number of carbonyl (C=O) groups is 1. The molecule has 0 radical (unpaired) electrons. The maximum Gasteiger partial charge on any atom is 0.312 e. The molecule has 3 saturated heterocycles. The number of pyridine rings is 2. The molecule has 10 rings (SSSR count). The van der Waals surface area contributed by atoms with Crippen molar-refractivity contribution in [2.24, 2.45) is 23.2 Å². The monoisotopic (exact) mass is 860 g/mol. The summed E-state index contributed by atoms with van der Waals surface area (Å²) in [6, 6.07) is 19.8. The van der Waals surface area contributed by atoms with Gasteiger partial charge in [-0.15, -0.1) is 0 Å². The first-order valence-electron chi connectivity index (χ1n) is 21.8. The molecule has 3 aromatic heterocycles. The minimum atomic E-state index is -4.60. The van der Waals surface area contributed by atoms with E-state index in [4.69, 9.17) is 9.47 Å². The number of amides is 1. The van der Waals surface area contributed by atoms with E-state index in [9.17, 15) is 23.3 Å². The van der Waals surface area contributed by atoms with Crippen LogP contribution in [0.5, 0.6) is 11.5 Å². The van der Waals surface area contributed by atoms with Gasteiger partial charge in [0.2, 0.25) is 5.82 Å². The average molecular weight is 861 g/mol. The van der Waals surface area contributed by atoms with E-state index < -0.39 is 31.4 Å². The molecule has 2 saturated carbocycles. The number of sulfonamides is 1. The molecule has 1 spiro atoms. The van der Waals surface area contributed by atoms with Gasteiger partial charge in [0.05, 0.1) is 36.1 Å². The molecule has 2 aliphatic carbocycles. The number of H-pyrrole nitrogens is 1. The second kappa shape index (κ2) is 16.0. The van der Waals surface area contributed by atoms with E-state index in [2.05, 4.69) is 72.9 Å². The van der Waals surface area contributed by atoms with E-state index in [-0.39, 0.29) is 17.1 Å². The summed E-state index contributed by atoms with van der Waals surface area (Å²) in [6.45, 7) is 9.22. The van der Waals surface area contributed by atoms with Crippen LogP contribution in [0.1, 0.15) is 85.8 Å². The van der Waals surface area contributed by atoms with Crippen LogP contribution in [0.4, 0.5) is 17.2 Å². The van der Waals surface area contributed by atoms with Crippen LogP contribution >= 0.6 is 0 Å². The highest BCUT2D eigenvalue weighted by Crippen LogP contribution is 2.54. The van der Waals surface area contributed by atoms with E-state index in [1.165, 1.54) is 43.0 Å². The van der Waals surface area contributed by atoms with Crippen molar-refractivity contribution in [1.29, 1.82) is 0 Å². The Bertz CT molecular complexity index is 2630. The van der Waals surface area contributed by atoms with Crippen LogP contribution in [0, 0.1) is 33.3 Å². The number of fused-ring (bicyclic) bond motifs is 2. The molecule has 0 bridgehead atoms. The number of ether oxygens (including phenoxy) is 2. The number of piperidine rings is 1. The number of rotatable bonds is 13. The van der Waals surface area contributed by atoms with Crippen LogP contribution in [0.25, 0.3) is 11.0 Å². The molecule has 1 amide bonds. The summed E-state index contributed by atoms with van der Waals surface area (Å²) in [7, 11) is -4.60. The molecule has 16 heteroatoms. The smallest absolute Gasteiger partial charge is 0.312 e. The van der Waals surface area contributed by atoms with Crippen LogP contribution in [-0.2, 0) is 14.8 Å². The third kappa shape index (κ3) is 7.66. The zero-order valence-electron chi connectivity index (χ0n) is 35.0. The molecule has 5 aliphatic rings. The molecule has 2 unspecified atom stereocenters. The highest BCUT2D eigenvalue weighted by Gasteiger charge is 2.53. The predicted molar refractivity (Wildman–Crippen MR) is 234 cm³/mol. The quantitative estimate of drug-likeness (QED) is 0.0773. The molecule has 5 aromatic rings. The van der Waals surface area contributed by atoms with Gasteiger partial charge in [-0.25, -0.2) is 23.1 Å². The van der Waals surface area contributed by atoms with Crippen molar-refractivity contribution in [2.75, 3.05) is 49.6 Å². The van der Waals surface area contributed by atoms with Gasteiger partial charge in [0.25, 0.3) is 15.9 Å². The second-order valence-corrected chi connectivity index (χ2v) is 19.9. The van der Waals surface area contributed by atoms with Crippen molar-refractivity contribution in [3.63, 3.8) is 0 Å². The molecule has 3 N–H and O–H groups in total. The van der Waals surface area contributed by atoms with Gasteiger partial charge in [0.15, 0.2) is 0 Å². The van der Waals surface area contributed by atoms with Gasteiger partial charge >= 0.3 is 5.69 Å². The van der Waals surface area contributed by atoms with E-state index in [0.29, 0.717) is 72.3 Å². The first kappa shape index (κ1) is 40.5. The minimum absolute atomic E-state index is 0.0271. The van der Waals surface area contributed by atoms with E-state index in [1.807, 2.05) is 12.1 Å². The third-order valence-electron chi connectivity index (χ3n) is 14.3. The number of hydrogen-bond donors (Lipinski definition) is 3. The SMILES string of the molecule is CC(C)c1ccccc1[C@H]1CCCN1C1CC2(CCN(c3ccc(C(=O)NS(=O)(=O)c4cnc(NCC5C6COCC56)c([N+](=O)[O-])c4)c(Oc4cnc5[nH]ccc5c4)c3)CC2)C1. The summed E-state index contributed by atoms with van der Waals surface area (Å²) in [5.41, 5.74) is 4.27. The van der Waals surface area contributed by atoms with Gasteiger partial charge in [-0.3, -0.25) is 19.8 Å². The first-order valence-corrected chi connectivity index (χ1v) is 23.3. The fourth-order valence-electron chi connectivity index (χ4n) is 10.8. The molecule has 3 aliphatic heterocycles. The van der Waals surface area contributed by atoms with Crippen LogP contribution in [-0.4, -0.2) is 84.5 Å². The number of nitrogens with one attached hydrogen (secondary N) is 3. The summed E-state index contributed by atoms with van der Waals surface area (Å²) in [5, 5.41) is 15.9. The minimum Gasteiger partial charge on any atom is -0.455 e. The maximum absolute atomic E-state index is 13.9. The van der Waals surface area contributed by atoms with E-state index in [1.54, 1.807) is 24.4 Å². The number of carbonyl (C=O) groups excluding carboxylic acids is 1. The molecular weight excluding hydrogens is 809 g/mol. The molecule has 3 atom stereocenters. The van der Waals surface area contributed by atoms with Crippen LogP contribution < -0.4 is 19.7 Å². The predicted octanol–water partition coefficient (Wildman–Crippen LogP) is 7.79. The van der Waals surface area contributed by atoms with Gasteiger partial charge in [-0.2, -0.15) is 0 Å². The van der Waals surface area contributed by atoms with Crippen molar-refractivity contribution < 1.29 is 27.6 Å². The Kier molecular flexibility index (Phi) is 10.4. The fourth-order valence-corrected chi connectivity index (χ4v) is 11.7. The number of anilines is 2. The Balaban J connectivity index is 0.841. The normalized spacial score (nSPS) is 23.4. The number of aromatic nitrogens is 3.